The van der Waals surface area contributed by atoms with Gasteiger partial charge in [-0.2, -0.15) is 0 Å². The highest BCUT2D eigenvalue weighted by Crippen LogP contribution is 2.20. The van der Waals surface area contributed by atoms with Crippen LogP contribution in [0.3, 0.4) is 0 Å². The number of halogens is 1. The Bertz CT molecular complexity index is 393. The molecule has 72 valence electrons. The fourth-order valence-corrected chi connectivity index (χ4v) is 1.45. The summed E-state index contributed by atoms with van der Waals surface area (Å²) in [5.41, 5.74) is 1.50. The van der Waals surface area contributed by atoms with Gasteiger partial charge in [-0.3, -0.25) is 4.72 Å². The van der Waals surface area contributed by atoms with E-state index in [1.54, 1.807) is 13.8 Å². The van der Waals surface area contributed by atoms with Gasteiger partial charge in [-0.25, -0.2) is 12.8 Å². The lowest BCUT2D eigenvalue weighted by Crippen LogP contribution is -1.99. The van der Waals surface area contributed by atoms with Gasteiger partial charge in [-0.15, -0.1) is 0 Å². The molecule has 0 aliphatic heterocycles. The average molecular weight is 203 g/mol. The van der Waals surface area contributed by atoms with Crippen LogP contribution in [0, 0.1) is 19.7 Å². The third-order valence-corrected chi connectivity index (χ3v) is 2.36. The Morgan fingerprint density at radius 2 is 1.85 bits per heavy atom. The molecule has 13 heavy (non-hydrogen) atoms. The van der Waals surface area contributed by atoms with Crippen LogP contribution in [0.2, 0.25) is 0 Å². The van der Waals surface area contributed by atoms with Crippen molar-refractivity contribution in [2.24, 2.45) is 0 Å². The lowest BCUT2D eigenvalue weighted by atomic mass is 10.1. The zero-order valence-corrected chi connectivity index (χ0v) is 8.19. The number of hydrogen-bond donors (Lipinski definition) is 2. The van der Waals surface area contributed by atoms with Gasteiger partial charge in [0, 0.05) is 0 Å². The second-order valence-electron chi connectivity index (χ2n) is 2.71. The highest BCUT2D eigenvalue weighted by molar-refractivity contribution is 7.73. The normalized spacial score (nSPS) is 10.5. The summed E-state index contributed by atoms with van der Waals surface area (Å²) in [6.07, 6.45) is 0. The van der Waals surface area contributed by atoms with Crippen molar-refractivity contribution in [2.75, 3.05) is 4.72 Å². The first-order valence-electron chi connectivity index (χ1n) is 3.69. The maximum Gasteiger partial charge on any atom is 0.222 e. The molecule has 0 amide bonds. The number of benzene rings is 1. The monoisotopic (exact) mass is 203 g/mol. The molecular formula is C8H10FNO2S. The summed E-state index contributed by atoms with van der Waals surface area (Å²) in [6.45, 7) is 3.27. The van der Waals surface area contributed by atoms with Gasteiger partial charge in [-0.05, 0) is 37.1 Å². The molecule has 0 fully saturated rings. The van der Waals surface area contributed by atoms with Crippen LogP contribution >= 0.6 is 0 Å². The lowest BCUT2D eigenvalue weighted by Gasteiger charge is -2.07. The molecule has 0 aromatic heterocycles. The zero-order valence-electron chi connectivity index (χ0n) is 7.30. The minimum Gasteiger partial charge on any atom is -0.285 e. The molecule has 0 heterocycles. The van der Waals surface area contributed by atoms with Gasteiger partial charge in [0.1, 0.15) is 5.82 Å². The maximum absolute atomic E-state index is 12.9. The summed E-state index contributed by atoms with van der Waals surface area (Å²) in [7, 11) is -2.69. The smallest absolute Gasteiger partial charge is 0.222 e. The van der Waals surface area contributed by atoms with E-state index in [1.807, 2.05) is 0 Å². The Morgan fingerprint density at radius 1 is 1.23 bits per heavy atom. The van der Waals surface area contributed by atoms with Crippen LogP contribution in [0.15, 0.2) is 12.1 Å². The van der Waals surface area contributed by atoms with Crippen molar-refractivity contribution < 1.29 is 12.8 Å². The molecule has 0 saturated heterocycles. The van der Waals surface area contributed by atoms with E-state index in [9.17, 15) is 12.8 Å². The SMILES string of the molecule is Cc1c(F)ccc(N[SH](=O)=O)c1C. The van der Waals surface area contributed by atoms with E-state index in [2.05, 4.69) is 4.72 Å². The number of thiol groups is 1. The number of anilines is 1. The largest absolute Gasteiger partial charge is 0.285 e. The van der Waals surface area contributed by atoms with E-state index in [0.29, 0.717) is 16.8 Å². The molecule has 0 aliphatic carbocycles. The van der Waals surface area contributed by atoms with Crippen molar-refractivity contribution in [1.29, 1.82) is 0 Å². The third kappa shape index (κ3) is 2.18. The molecular weight excluding hydrogens is 193 g/mol. The first-order valence-corrected chi connectivity index (χ1v) is 4.87. The number of rotatable bonds is 2. The zero-order chi connectivity index (χ0) is 10.0. The molecule has 0 unspecified atom stereocenters. The first-order chi connectivity index (χ1) is 6.02. The van der Waals surface area contributed by atoms with Gasteiger partial charge in [0.25, 0.3) is 0 Å². The van der Waals surface area contributed by atoms with Crippen molar-refractivity contribution in [2.45, 2.75) is 13.8 Å². The van der Waals surface area contributed by atoms with Crippen molar-refractivity contribution in [3.63, 3.8) is 0 Å². The van der Waals surface area contributed by atoms with Crippen molar-refractivity contribution in [1.82, 2.24) is 0 Å². The van der Waals surface area contributed by atoms with Crippen molar-refractivity contribution in [3.8, 4) is 0 Å². The van der Waals surface area contributed by atoms with Gasteiger partial charge < -0.3 is 0 Å². The Kier molecular flexibility index (Phi) is 2.87. The summed E-state index contributed by atoms with van der Waals surface area (Å²) >= 11 is 0. The molecule has 5 heteroatoms. The lowest BCUT2D eigenvalue weighted by molar-refractivity contribution is 0.615. The standard InChI is InChI=1S/C8H10FNO2S/c1-5-6(2)8(10-13(11)12)4-3-7(5)9/h3-4,13H,1-2H3,(H,10,11,12). The molecule has 0 saturated carbocycles. The quantitative estimate of drug-likeness (QED) is 0.713. The van der Waals surface area contributed by atoms with Gasteiger partial charge in [0.05, 0.1) is 5.69 Å². The second-order valence-corrected chi connectivity index (χ2v) is 3.45. The summed E-state index contributed by atoms with van der Waals surface area (Å²) in [5, 5.41) is 0. The Labute approximate surface area is 77.7 Å². The van der Waals surface area contributed by atoms with Crippen LogP contribution in [0.25, 0.3) is 0 Å². The molecule has 1 aromatic carbocycles. The fraction of sp³-hybridized carbons (Fsp3) is 0.250. The van der Waals surface area contributed by atoms with Gasteiger partial charge >= 0.3 is 0 Å². The van der Waals surface area contributed by atoms with E-state index in [0.717, 1.165) is 0 Å². The summed E-state index contributed by atoms with van der Waals surface area (Å²) in [6, 6.07) is 2.65. The van der Waals surface area contributed by atoms with Crippen LogP contribution in [0.5, 0.6) is 0 Å². The van der Waals surface area contributed by atoms with Crippen LogP contribution < -0.4 is 4.72 Å². The Morgan fingerprint density at radius 3 is 2.38 bits per heavy atom. The Balaban J connectivity index is 3.18. The molecule has 1 aromatic rings. The van der Waals surface area contributed by atoms with Crippen molar-refractivity contribution >= 4 is 16.6 Å². The van der Waals surface area contributed by atoms with Crippen LogP contribution in [-0.2, 0) is 10.9 Å². The molecule has 0 radical (unpaired) electrons. The topological polar surface area (TPSA) is 46.2 Å². The summed E-state index contributed by atoms with van der Waals surface area (Å²) in [4.78, 5) is 0. The maximum atomic E-state index is 12.9. The first kappa shape index (κ1) is 9.98. The van der Waals surface area contributed by atoms with Crippen LogP contribution in [0.1, 0.15) is 11.1 Å². The molecule has 1 N–H and O–H groups in total. The number of nitrogens with one attached hydrogen (secondary N) is 1. The highest BCUT2D eigenvalue weighted by atomic mass is 32.2. The molecule has 0 bridgehead atoms. The van der Waals surface area contributed by atoms with Crippen molar-refractivity contribution in [3.05, 3.63) is 29.1 Å². The van der Waals surface area contributed by atoms with Crippen LogP contribution in [-0.4, -0.2) is 8.42 Å². The highest BCUT2D eigenvalue weighted by Gasteiger charge is 2.05. The van der Waals surface area contributed by atoms with E-state index in [1.165, 1.54) is 12.1 Å². The van der Waals surface area contributed by atoms with E-state index >= 15 is 0 Å². The minimum absolute atomic E-state index is 0.329. The molecule has 1 rings (SSSR count). The minimum atomic E-state index is -2.69. The third-order valence-electron chi connectivity index (χ3n) is 1.93. The Hall–Kier alpha value is -1.10. The molecule has 0 atom stereocenters. The second kappa shape index (κ2) is 3.74. The van der Waals surface area contributed by atoms with E-state index in [4.69, 9.17) is 0 Å². The van der Waals surface area contributed by atoms with Gasteiger partial charge in [-0.1, -0.05) is 0 Å². The predicted octanol–water partition coefficient (Wildman–Crippen LogP) is 1.38. The van der Waals surface area contributed by atoms with Crippen LogP contribution in [0.4, 0.5) is 10.1 Å². The predicted molar refractivity (Wildman–Crippen MR) is 49.8 cm³/mol. The molecule has 3 nitrogen and oxygen atoms in total. The average Bonchev–Trinajstić information content (AvgIpc) is 2.06. The van der Waals surface area contributed by atoms with E-state index < -0.39 is 10.9 Å². The fourth-order valence-electron chi connectivity index (χ4n) is 1.01. The molecule has 0 aliphatic rings. The van der Waals surface area contributed by atoms with Gasteiger partial charge in [0.15, 0.2) is 0 Å². The van der Waals surface area contributed by atoms with Gasteiger partial charge in [0.2, 0.25) is 10.9 Å². The summed E-state index contributed by atoms with van der Waals surface area (Å²) < 4.78 is 35.8. The summed E-state index contributed by atoms with van der Waals surface area (Å²) in [5.74, 6) is -0.329. The number of hydrogen-bond acceptors (Lipinski definition) is 2. The molecule has 0 spiro atoms. The van der Waals surface area contributed by atoms with E-state index in [-0.39, 0.29) is 5.82 Å².